The zero-order chi connectivity index (χ0) is 15.2. The highest BCUT2D eigenvalue weighted by Crippen LogP contribution is 2.26. The summed E-state index contributed by atoms with van der Waals surface area (Å²) in [6.45, 7) is 2.02. The third-order valence-electron chi connectivity index (χ3n) is 3.05. The van der Waals surface area contributed by atoms with Crippen LogP contribution in [0.15, 0.2) is 24.3 Å². The fourth-order valence-corrected chi connectivity index (χ4v) is 1.86. The molecule has 1 aromatic rings. The van der Waals surface area contributed by atoms with Crippen LogP contribution in [0.3, 0.4) is 0 Å². The molecule has 1 fully saturated rings. The van der Waals surface area contributed by atoms with E-state index in [-0.39, 0.29) is 24.7 Å². The second-order valence-electron chi connectivity index (χ2n) is 4.78. The predicted molar refractivity (Wildman–Crippen MR) is 75.2 cm³/mol. The summed E-state index contributed by atoms with van der Waals surface area (Å²) in [5.41, 5.74) is -0.119. The van der Waals surface area contributed by atoms with Gasteiger partial charge in [-0.3, -0.25) is 20.2 Å². The van der Waals surface area contributed by atoms with Crippen molar-refractivity contribution in [3.05, 3.63) is 34.4 Å². The van der Waals surface area contributed by atoms with Crippen LogP contribution in [0.25, 0.3) is 0 Å². The van der Waals surface area contributed by atoms with Crippen molar-refractivity contribution < 1.29 is 19.2 Å². The first-order valence-corrected chi connectivity index (χ1v) is 6.90. The second-order valence-corrected chi connectivity index (χ2v) is 4.78. The van der Waals surface area contributed by atoms with E-state index in [4.69, 9.17) is 9.47 Å². The molecule has 1 aliphatic rings. The highest BCUT2D eigenvalue weighted by Gasteiger charge is 2.30. The molecule has 1 aromatic carbocycles. The first-order valence-electron chi connectivity index (χ1n) is 6.90. The summed E-state index contributed by atoms with van der Waals surface area (Å²) in [6, 6.07) is 5.78. The van der Waals surface area contributed by atoms with Crippen LogP contribution >= 0.6 is 0 Å². The normalized spacial score (nSPS) is 15.3. The van der Waals surface area contributed by atoms with Crippen molar-refractivity contribution in [2.24, 2.45) is 0 Å². The number of ether oxygens (including phenoxy) is 2. The number of benzene rings is 1. The van der Waals surface area contributed by atoms with Gasteiger partial charge in [-0.25, -0.2) is 0 Å². The maximum Gasteiger partial charge on any atom is 0.326 e. The van der Waals surface area contributed by atoms with Crippen LogP contribution in [0.2, 0.25) is 0 Å². The van der Waals surface area contributed by atoms with E-state index in [2.05, 4.69) is 5.32 Å². The van der Waals surface area contributed by atoms with Gasteiger partial charge in [0.2, 0.25) is 0 Å². The van der Waals surface area contributed by atoms with E-state index in [1.165, 1.54) is 12.1 Å². The molecular weight excluding hydrogens is 276 g/mol. The van der Waals surface area contributed by atoms with Gasteiger partial charge in [0.15, 0.2) is 5.75 Å². The van der Waals surface area contributed by atoms with Crippen molar-refractivity contribution in [3.63, 3.8) is 0 Å². The topological polar surface area (TPSA) is 90.7 Å². The first kappa shape index (κ1) is 15.2. The lowest BCUT2D eigenvalue weighted by Crippen LogP contribution is -2.43. The van der Waals surface area contributed by atoms with Gasteiger partial charge in [0.05, 0.1) is 11.5 Å². The quantitative estimate of drug-likeness (QED) is 0.445. The summed E-state index contributed by atoms with van der Waals surface area (Å²) in [4.78, 5) is 22.2. The van der Waals surface area contributed by atoms with Crippen molar-refractivity contribution in [2.45, 2.75) is 31.8 Å². The number of nitrogens with one attached hydrogen (secondary N) is 1. The van der Waals surface area contributed by atoms with Gasteiger partial charge in [-0.15, -0.1) is 0 Å². The fourth-order valence-electron chi connectivity index (χ4n) is 1.86. The summed E-state index contributed by atoms with van der Waals surface area (Å²) in [6.07, 6.45) is 2.03. The van der Waals surface area contributed by atoms with Crippen LogP contribution in [-0.4, -0.2) is 36.2 Å². The van der Waals surface area contributed by atoms with E-state index in [1.54, 1.807) is 19.1 Å². The highest BCUT2D eigenvalue weighted by atomic mass is 16.6. The van der Waals surface area contributed by atoms with E-state index in [0.29, 0.717) is 6.04 Å². The molecule has 0 bridgehead atoms. The third kappa shape index (κ3) is 4.42. The number of hydrogen-bond acceptors (Lipinski definition) is 6. The van der Waals surface area contributed by atoms with Gasteiger partial charge in [-0.05, 0) is 25.8 Å². The van der Waals surface area contributed by atoms with Crippen LogP contribution in [0, 0.1) is 10.1 Å². The van der Waals surface area contributed by atoms with Crippen LogP contribution < -0.4 is 10.1 Å². The molecular formula is C14H18N2O5. The Morgan fingerprint density at radius 2 is 2.19 bits per heavy atom. The van der Waals surface area contributed by atoms with Crippen LogP contribution in [0.4, 0.5) is 5.69 Å². The van der Waals surface area contributed by atoms with Crippen LogP contribution in [-0.2, 0) is 9.53 Å². The summed E-state index contributed by atoms with van der Waals surface area (Å²) >= 11 is 0. The number of carbonyl (C=O) groups is 1. The maximum atomic E-state index is 11.8. The van der Waals surface area contributed by atoms with Crippen molar-refractivity contribution in [1.29, 1.82) is 0 Å². The average Bonchev–Trinajstić information content (AvgIpc) is 3.27. The Kier molecular flexibility index (Phi) is 5.10. The summed E-state index contributed by atoms with van der Waals surface area (Å²) < 4.78 is 10.4. The average molecular weight is 294 g/mol. The molecule has 7 nitrogen and oxygen atoms in total. The molecule has 0 aromatic heterocycles. The van der Waals surface area contributed by atoms with Gasteiger partial charge < -0.3 is 9.47 Å². The van der Waals surface area contributed by atoms with Crippen LogP contribution in [0.1, 0.15) is 19.8 Å². The number of rotatable bonds is 8. The monoisotopic (exact) mass is 294 g/mol. The molecule has 0 heterocycles. The number of nitro groups is 1. The Hall–Kier alpha value is -2.15. The standard InChI is InChI=1S/C14H18N2O5/c1-2-20-14(17)11(15-10-7-8-10)9-21-13-6-4-3-5-12(13)16(18)19/h3-6,10-11,15H,2,7-9H2,1H3. The molecule has 0 amide bonds. The van der Waals surface area contributed by atoms with Gasteiger partial charge in [0, 0.05) is 12.1 Å². The number of nitro benzene ring substituents is 1. The van der Waals surface area contributed by atoms with Gasteiger partial charge in [-0.1, -0.05) is 12.1 Å². The molecule has 1 atom stereocenters. The highest BCUT2D eigenvalue weighted by molar-refractivity contribution is 5.76. The fraction of sp³-hybridized carbons (Fsp3) is 0.500. The Morgan fingerprint density at radius 3 is 2.81 bits per heavy atom. The molecule has 1 unspecified atom stereocenters. The summed E-state index contributed by atoms with van der Waals surface area (Å²) in [7, 11) is 0. The van der Waals surface area contributed by atoms with Crippen LogP contribution in [0.5, 0.6) is 5.75 Å². The minimum Gasteiger partial charge on any atom is -0.485 e. The van der Waals surface area contributed by atoms with E-state index in [9.17, 15) is 14.9 Å². The zero-order valence-electron chi connectivity index (χ0n) is 11.8. The molecule has 0 aliphatic heterocycles. The van der Waals surface area contributed by atoms with E-state index >= 15 is 0 Å². The molecule has 0 saturated heterocycles. The van der Waals surface area contributed by atoms with E-state index < -0.39 is 16.9 Å². The minimum absolute atomic E-state index is 0.000185. The van der Waals surface area contributed by atoms with E-state index in [0.717, 1.165) is 12.8 Å². The molecule has 114 valence electrons. The largest absolute Gasteiger partial charge is 0.485 e. The second kappa shape index (κ2) is 7.03. The van der Waals surface area contributed by atoms with Gasteiger partial charge in [0.25, 0.3) is 0 Å². The van der Waals surface area contributed by atoms with Gasteiger partial charge >= 0.3 is 11.7 Å². The predicted octanol–water partition coefficient (Wildman–Crippen LogP) is 1.66. The maximum absolute atomic E-state index is 11.8. The molecule has 1 saturated carbocycles. The molecule has 2 rings (SSSR count). The molecule has 1 N–H and O–H groups in total. The summed E-state index contributed by atoms with van der Waals surface area (Å²) in [5, 5.41) is 14.0. The van der Waals surface area contributed by atoms with Crippen molar-refractivity contribution >= 4 is 11.7 Å². The Bertz CT molecular complexity index is 516. The summed E-state index contributed by atoms with van der Waals surface area (Å²) in [5.74, 6) is -0.252. The third-order valence-corrected chi connectivity index (χ3v) is 3.05. The smallest absolute Gasteiger partial charge is 0.326 e. The molecule has 0 spiro atoms. The molecule has 1 aliphatic carbocycles. The first-order chi connectivity index (χ1) is 10.1. The molecule has 7 heteroatoms. The van der Waals surface area contributed by atoms with E-state index in [1.807, 2.05) is 0 Å². The number of carbonyl (C=O) groups excluding carboxylic acids is 1. The van der Waals surface area contributed by atoms with Gasteiger partial charge in [-0.2, -0.15) is 0 Å². The Morgan fingerprint density at radius 1 is 1.48 bits per heavy atom. The SMILES string of the molecule is CCOC(=O)C(COc1ccccc1[N+](=O)[O-])NC1CC1. The number of para-hydroxylation sites is 2. The Balaban J connectivity index is 2.00. The molecule has 0 radical (unpaired) electrons. The number of nitrogens with zero attached hydrogens (tertiary/aromatic N) is 1. The zero-order valence-corrected chi connectivity index (χ0v) is 11.8. The van der Waals surface area contributed by atoms with Gasteiger partial charge in [0.1, 0.15) is 12.6 Å². The van der Waals surface area contributed by atoms with Crippen molar-refractivity contribution in [2.75, 3.05) is 13.2 Å². The Labute approximate surface area is 122 Å². The lowest BCUT2D eigenvalue weighted by atomic mass is 10.3. The van der Waals surface area contributed by atoms with Crippen molar-refractivity contribution in [1.82, 2.24) is 5.32 Å². The number of hydrogen-bond donors (Lipinski definition) is 1. The lowest BCUT2D eigenvalue weighted by molar-refractivity contribution is -0.385. The minimum atomic E-state index is -0.614. The lowest BCUT2D eigenvalue weighted by Gasteiger charge is -2.17. The molecule has 21 heavy (non-hydrogen) atoms. The van der Waals surface area contributed by atoms with Crippen molar-refractivity contribution in [3.8, 4) is 5.75 Å². The number of esters is 1.